The van der Waals surface area contributed by atoms with E-state index in [2.05, 4.69) is 10.5 Å². The molecule has 1 atom stereocenters. The Kier molecular flexibility index (Phi) is 4.88. The minimum absolute atomic E-state index is 0.0773. The van der Waals surface area contributed by atoms with Crippen LogP contribution in [0.1, 0.15) is 17.5 Å². The Bertz CT molecular complexity index is 800. The van der Waals surface area contributed by atoms with Crippen molar-refractivity contribution in [3.8, 4) is 0 Å². The molecule has 1 heterocycles. The minimum Gasteiger partial charge on any atom is -0.312 e. The summed E-state index contributed by atoms with van der Waals surface area (Å²) in [6.45, 7) is 2.31. The molecule has 1 aliphatic rings. The molecule has 6 heteroatoms. The number of hydrazone groups is 1. The van der Waals surface area contributed by atoms with Crippen molar-refractivity contribution < 1.29 is 14.0 Å². The smallest absolute Gasteiger partial charge is 0.245 e. The maximum Gasteiger partial charge on any atom is 0.245 e. The van der Waals surface area contributed by atoms with Crippen LogP contribution in [0.15, 0.2) is 53.6 Å². The Labute approximate surface area is 145 Å². The van der Waals surface area contributed by atoms with Crippen LogP contribution in [0.3, 0.4) is 0 Å². The van der Waals surface area contributed by atoms with Gasteiger partial charge in [-0.1, -0.05) is 29.8 Å². The van der Waals surface area contributed by atoms with Gasteiger partial charge in [0.15, 0.2) is 0 Å². The third kappa shape index (κ3) is 4.09. The number of aryl methyl sites for hydroxylation is 1. The highest BCUT2D eigenvalue weighted by Gasteiger charge is 2.35. The molecule has 0 aliphatic carbocycles. The topological polar surface area (TPSA) is 61.8 Å². The van der Waals surface area contributed by atoms with E-state index < -0.39 is 5.92 Å². The molecule has 1 saturated heterocycles. The Balaban J connectivity index is 1.59. The van der Waals surface area contributed by atoms with E-state index in [-0.39, 0.29) is 24.1 Å². The first-order valence-electron chi connectivity index (χ1n) is 7.98. The quantitative estimate of drug-likeness (QED) is 0.688. The van der Waals surface area contributed by atoms with Crippen LogP contribution in [-0.2, 0) is 9.59 Å². The highest BCUT2D eigenvalue weighted by Crippen LogP contribution is 2.25. The maximum atomic E-state index is 12.8. The summed E-state index contributed by atoms with van der Waals surface area (Å²) < 4.78 is 12.8. The van der Waals surface area contributed by atoms with E-state index in [1.54, 1.807) is 17.0 Å². The van der Waals surface area contributed by atoms with Crippen LogP contribution in [0.25, 0.3) is 0 Å². The van der Waals surface area contributed by atoms with E-state index in [1.807, 2.05) is 31.2 Å². The second-order valence-corrected chi connectivity index (χ2v) is 6.03. The average molecular weight is 339 g/mol. The lowest BCUT2D eigenvalue weighted by molar-refractivity contribution is -0.126. The van der Waals surface area contributed by atoms with Gasteiger partial charge in [-0.2, -0.15) is 5.10 Å². The van der Waals surface area contributed by atoms with Crippen LogP contribution in [0.4, 0.5) is 10.1 Å². The third-order valence-electron chi connectivity index (χ3n) is 4.10. The van der Waals surface area contributed by atoms with Gasteiger partial charge in [-0.05, 0) is 36.8 Å². The lowest BCUT2D eigenvalue weighted by Crippen LogP contribution is -2.30. The molecule has 2 aromatic carbocycles. The molecule has 1 N–H and O–H groups in total. The van der Waals surface area contributed by atoms with Crippen LogP contribution in [0.5, 0.6) is 0 Å². The maximum absolute atomic E-state index is 12.8. The molecule has 2 aromatic rings. The average Bonchev–Trinajstić information content (AvgIpc) is 2.99. The fourth-order valence-electron chi connectivity index (χ4n) is 2.67. The second-order valence-electron chi connectivity index (χ2n) is 6.03. The van der Waals surface area contributed by atoms with E-state index >= 15 is 0 Å². The Morgan fingerprint density at radius 3 is 2.56 bits per heavy atom. The van der Waals surface area contributed by atoms with E-state index in [9.17, 15) is 14.0 Å². The summed E-state index contributed by atoms with van der Waals surface area (Å²) in [4.78, 5) is 26.0. The number of carbonyl (C=O) groups excluding carboxylic acids is 2. The molecule has 1 aliphatic heterocycles. The van der Waals surface area contributed by atoms with Gasteiger partial charge >= 0.3 is 0 Å². The van der Waals surface area contributed by atoms with E-state index in [1.165, 1.54) is 18.3 Å². The Hall–Kier alpha value is -3.02. The molecule has 25 heavy (non-hydrogen) atoms. The van der Waals surface area contributed by atoms with Gasteiger partial charge in [0.25, 0.3) is 0 Å². The van der Waals surface area contributed by atoms with Gasteiger partial charge in [-0.25, -0.2) is 9.82 Å². The monoisotopic (exact) mass is 339 g/mol. The summed E-state index contributed by atoms with van der Waals surface area (Å²) in [7, 11) is 0. The number of nitrogens with zero attached hydrogens (tertiary/aromatic N) is 2. The highest BCUT2D eigenvalue weighted by atomic mass is 19.1. The van der Waals surface area contributed by atoms with Gasteiger partial charge in [0.2, 0.25) is 11.8 Å². The first kappa shape index (κ1) is 16.8. The SMILES string of the molecule is Cc1ccc(N2C[C@@H](C(=O)N/N=C/c3ccc(F)cc3)CC2=O)cc1. The molecule has 3 rings (SSSR count). The molecule has 0 saturated carbocycles. The van der Waals surface area contributed by atoms with Crippen LogP contribution in [-0.4, -0.2) is 24.6 Å². The van der Waals surface area contributed by atoms with Gasteiger partial charge in [0, 0.05) is 18.7 Å². The fourth-order valence-corrected chi connectivity index (χ4v) is 2.67. The van der Waals surface area contributed by atoms with Gasteiger partial charge in [0.1, 0.15) is 5.82 Å². The largest absolute Gasteiger partial charge is 0.312 e. The first-order chi connectivity index (χ1) is 12.0. The fraction of sp³-hybridized carbons (Fsp3) is 0.211. The minimum atomic E-state index is -0.445. The summed E-state index contributed by atoms with van der Waals surface area (Å²) in [5.41, 5.74) is 5.02. The van der Waals surface area contributed by atoms with E-state index in [0.29, 0.717) is 12.1 Å². The molecule has 2 amide bonds. The molecule has 0 aromatic heterocycles. The number of benzene rings is 2. The summed E-state index contributed by atoms with van der Waals surface area (Å²) in [5, 5.41) is 3.87. The lowest BCUT2D eigenvalue weighted by Gasteiger charge is -2.16. The number of hydrogen-bond donors (Lipinski definition) is 1. The number of halogens is 1. The van der Waals surface area contributed by atoms with Crippen molar-refractivity contribution in [2.24, 2.45) is 11.0 Å². The highest BCUT2D eigenvalue weighted by molar-refractivity contribution is 6.00. The normalized spacial score (nSPS) is 17.3. The third-order valence-corrected chi connectivity index (χ3v) is 4.10. The molecule has 0 unspecified atom stereocenters. The van der Waals surface area contributed by atoms with E-state index in [4.69, 9.17) is 0 Å². The Morgan fingerprint density at radius 2 is 1.88 bits per heavy atom. The summed E-state index contributed by atoms with van der Waals surface area (Å²) in [6, 6.07) is 13.4. The summed E-state index contributed by atoms with van der Waals surface area (Å²) in [6.07, 6.45) is 1.59. The first-order valence-corrected chi connectivity index (χ1v) is 7.98. The molecule has 0 bridgehead atoms. The predicted octanol–water partition coefficient (Wildman–Crippen LogP) is 2.64. The van der Waals surface area contributed by atoms with Crippen molar-refractivity contribution >= 4 is 23.7 Å². The Morgan fingerprint density at radius 1 is 1.20 bits per heavy atom. The summed E-state index contributed by atoms with van der Waals surface area (Å²) >= 11 is 0. The zero-order chi connectivity index (χ0) is 17.8. The van der Waals surface area contributed by atoms with Crippen molar-refractivity contribution in [1.82, 2.24) is 5.43 Å². The van der Waals surface area contributed by atoms with Crippen molar-refractivity contribution in [2.45, 2.75) is 13.3 Å². The van der Waals surface area contributed by atoms with Gasteiger partial charge in [-0.15, -0.1) is 0 Å². The van der Waals surface area contributed by atoms with Gasteiger partial charge < -0.3 is 4.90 Å². The predicted molar refractivity (Wildman–Crippen MR) is 93.8 cm³/mol. The zero-order valence-corrected chi connectivity index (χ0v) is 13.8. The number of rotatable bonds is 4. The molecular formula is C19H18FN3O2. The van der Waals surface area contributed by atoms with Crippen LogP contribution < -0.4 is 10.3 Å². The number of hydrogen-bond acceptors (Lipinski definition) is 3. The standard InChI is InChI=1S/C19H18FN3O2/c1-13-2-8-17(9-3-13)23-12-15(10-18(23)24)19(25)22-21-11-14-4-6-16(20)7-5-14/h2-9,11,15H,10,12H2,1H3,(H,22,25)/b21-11+/t15-/m0/s1. The lowest BCUT2D eigenvalue weighted by atomic mass is 10.1. The number of nitrogens with one attached hydrogen (secondary N) is 1. The molecule has 128 valence electrons. The van der Waals surface area contributed by atoms with Crippen molar-refractivity contribution in [3.63, 3.8) is 0 Å². The van der Waals surface area contributed by atoms with Crippen LogP contribution >= 0.6 is 0 Å². The van der Waals surface area contributed by atoms with Gasteiger partial charge in [0.05, 0.1) is 12.1 Å². The molecule has 0 radical (unpaired) electrons. The van der Waals surface area contributed by atoms with Crippen LogP contribution in [0, 0.1) is 18.7 Å². The molecule has 5 nitrogen and oxygen atoms in total. The van der Waals surface area contributed by atoms with E-state index in [0.717, 1.165) is 11.3 Å². The zero-order valence-electron chi connectivity index (χ0n) is 13.8. The number of carbonyl (C=O) groups is 2. The molecule has 0 spiro atoms. The molecular weight excluding hydrogens is 321 g/mol. The number of amides is 2. The van der Waals surface area contributed by atoms with Crippen LogP contribution in [0.2, 0.25) is 0 Å². The van der Waals surface area contributed by atoms with Gasteiger partial charge in [-0.3, -0.25) is 9.59 Å². The van der Waals surface area contributed by atoms with Crippen molar-refractivity contribution in [3.05, 3.63) is 65.5 Å². The van der Waals surface area contributed by atoms with Crippen molar-refractivity contribution in [1.29, 1.82) is 0 Å². The summed E-state index contributed by atoms with van der Waals surface area (Å²) in [5.74, 6) is -1.16. The van der Waals surface area contributed by atoms with Crippen molar-refractivity contribution in [2.75, 3.05) is 11.4 Å². The molecule has 1 fully saturated rings. The number of anilines is 1. The second kappa shape index (κ2) is 7.25.